The monoisotopic (exact) mass is 265 g/mol. The fraction of sp³-hybridized carbons (Fsp3) is 0.417. The number of azide groups is 1. The molecule has 1 aromatic rings. The van der Waals surface area contributed by atoms with E-state index < -0.39 is 11.6 Å². The molecule has 0 amide bonds. The Morgan fingerprint density at radius 3 is 2.56 bits per heavy atom. The molecule has 0 radical (unpaired) electrons. The first-order valence-corrected chi connectivity index (χ1v) is 5.81. The summed E-state index contributed by atoms with van der Waals surface area (Å²) in [7, 11) is 0. The van der Waals surface area contributed by atoms with Gasteiger partial charge in [0.25, 0.3) is 0 Å². The normalized spacial score (nSPS) is 10.7. The largest absolute Gasteiger partial charge is 0.456 e. The fourth-order valence-corrected chi connectivity index (χ4v) is 1.59. The van der Waals surface area contributed by atoms with Gasteiger partial charge in [-0.1, -0.05) is 5.11 Å². The maximum absolute atomic E-state index is 12.0. The number of carbonyl (C=O) groups is 1. The Morgan fingerprint density at radius 2 is 2.06 bits per heavy atom. The van der Waals surface area contributed by atoms with E-state index in [-0.39, 0.29) is 0 Å². The summed E-state index contributed by atoms with van der Waals surface area (Å²) in [4.78, 5) is 15.3. The van der Waals surface area contributed by atoms with Gasteiger partial charge < -0.3 is 4.74 Å². The van der Waals surface area contributed by atoms with E-state index in [0.29, 0.717) is 21.7 Å². The van der Waals surface area contributed by atoms with E-state index >= 15 is 0 Å². The average Bonchev–Trinajstić information content (AvgIpc) is 2.20. The second kappa shape index (κ2) is 5.33. The minimum atomic E-state index is -0.575. The van der Waals surface area contributed by atoms with Crippen LogP contribution in [-0.2, 0) is 4.74 Å². The minimum Gasteiger partial charge on any atom is -0.456 e. The molecule has 0 aromatic heterocycles. The summed E-state index contributed by atoms with van der Waals surface area (Å²) in [5.74, 6) is -0.453. The second-order valence-corrected chi connectivity index (χ2v) is 5.31. The van der Waals surface area contributed by atoms with Gasteiger partial charge in [0.2, 0.25) is 0 Å². The van der Waals surface area contributed by atoms with Crippen LogP contribution in [0.4, 0.5) is 5.69 Å². The summed E-state index contributed by atoms with van der Waals surface area (Å²) < 4.78 is 5.29. The summed E-state index contributed by atoms with van der Waals surface area (Å²) in [6, 6.07) is 3.11. The quantitative estimate of drug-likeness (QED) is 0.286. The first-order valence-electron chi connectivity index (χ1n) is 5.36. The molecular weight excluding hydrogens is 250 g/mol. The molecule has 0 N–H and O–H groups in total. The summed E-state index contributed by atoms with van der Waals surface area (Å²) in [6.45, 7) is 7.14. The molecule has 18 heavy (non-hydrogen) atoms. The van der Waals surface area contributed by atoms with Crippen LogP contribution < -0.4 is 0 Å². The lowest BCUT2D eigenvalue weighted by Crippen LogP contribution is -2.24. The number of thiol groups is 1. The summed E-state index contributed by atoms with van der Waals surface area (Å²) >= 11 is 4.24. The Kier molecular flexibility index (Phi) is 4.27. The molecule has 0 aliphatic carbocycles. The lowest BCUT2D eigenvalue weighted by molar-refractivity contribution is 0.00685. The van der Waals surface area contributed by atoms with Crippen LogP contribution in [0.25, 0.3) is 10.4 Å². The van der Waals surface area contributed by atoms with Gasteiger partial charge in [-0.15, -0.1) is 12.6 Å². The molecule has 0 bridgehead atoms. The molecule has 0 spiro atoms. The van der Waals surface area contributed by atoms with Gasteiger partial charge >= 0.3 is 5.97 Å². The Bertz CT molecular complexity index is 529. The first-order chi connectivity index (χ1) is 8.24. The molecule has 0 unspecified atom stereocenters. The number of hydrogen-bond donors (Lipinski definition) is 1. The maximum Gasteiger partial charge on any atom is 0.338 e. The predicted octanol–water partition coefficient (Wildman–Crippen LogP) is 4.18. The van der Waals surface area contributed by atoms with Crippen molar-refractivity contribution >= 4 is 24.3 Å². The predicted molar refractivity (Wildman–Crippen MR) is 72.4 cm³/mol. The zero-order valence-electron chi connectivity index (χ0n) is 10.8. The highest BCUT2D eigenvalue weighted by atomic mass is 32.1. The van der Waals surface area contributed by atoms with Gasteiger partial charge in [-0.05, 0) is 50.9 Å². The van der Waals surface area contributed by atoms with Crippen LogP contribution in [-0.4, -0.2) is 11.6 Å². The molecule has 0 atom stereocenters. The summed E-state index contributed by atoms with van der Waals surface area (Å²) in [5, 5.41) is 3.47. The molecular formula is C12H15N3O2S. The van der Waals surface area contributed by atoms with E-state index in [1.165, 1.54) is 6.07 Å². The summed E-state index contributed by atoms with van der Waals surface area (Å²) in [5.41, 5.74) is 9.24. The van der Waals surface area contributed by atoms with Gasteiger partial charge in [0.1, 0.15) is 5.60 Å². The highest BCUT2D eigenvalue weighted by Crippen LogP contribution is 2.27. The lowest BCUT2D eigenvalue weighted by Gasteiger charge is -2.20. The van der Waals surface area contributed by atoms with Crippen LogP contribution in [0.15, 0.2) is 22.1 Å². The Morgan fingerprint density at radius 1 is 1.44 bits per heavy atom. The van der Waals surface area contributed by atoms with Gasteiger partial charge in [0, 0.05) is 15.5 Å². The van der Waals surface area contributed by atoms with Crippen LogP contribution >= 0.6 is 12.6 Å². The molecule has 96 valence electrons. The van der Waals surface area contributed by atoms with Gasteiger partial charge in [0.05, 0.1) is 5.56 Å². The molecule has 1 aromatic carbocycles. The number of hydrogen-bond acceptors (Lipinski definition) is 4. The van der Waals surface area contributed by atoms with Crippen molar-refractivity contribution in [2.45, 2.75) is 38.2 Å². The van der Waals surface area contributed by atoms with Crippen molar-refractivity contribution in [3.05, 3.63) is 33.7 Å². The van der Waals surface area contributed by atoms with Crippen molar-refractivity contribution < 1.29 is 9.53 Å². The number of carbonyl (C=O) groups excluding carboxylic acids is 1. The SMILES string of the molecule is Cc1c(S)cc(N=[N+]=[N-])cc1C(=O)OC(C)(C)C. The lowest BCUT2D eigenvalue weighted by atomic mass is 10.1. The van der Waals surface area contributed by atoms with Gasteiger partial charge in [0.15, 0.2) is 0 Å². The third kappa shape index (κ3) is 3.68. The smallest absolute Gasteiger partial charge is 0.338 e. The first kappa shape index (κ1) is 14.4. The third-order valence-corrected chi connectivity index (χ3v) is 2.61. The second-order valence-electron chi connectivity index (χ2n) is 4.83. The number of benzene rings is 1. The zero-order chi connectivity index (χ0) is 13.9. The molecule has 0 fully saturated rings. The zero-order valence-corrected chi connectivity index (χ0v) is 11.7. The highest BCUT2D eigenvalue weighted by molar-refractivity contribution is 7.80. The molecule has 1 rings (SSSR count). The van der Waals surface area contributed by atoms with Crippen molar-refractivity contribution in [3.63, 3.8) is 0 Å². The highest BCUT2D eigenvalue weighted by Gasteiger charge is 2.20. The van der Waals surface area contributed by atoms with E-state index in [1.54, 1.807) is 33.8 Å². The van der Waals surface area contributed by atoms with Gasteiger partial charge in [-0.2, -0.15) is 0 Å². The van der Waals surface area contributed by atoms with Crippen molar-refractivity contribution in [3.8, 4) is 0 Å². The fourth-order valence-electron chi connectivity index (χ4n) is 1.34. The van der Waals surface area contributed by atoms with Crippen LogP contribution in [0.5, 0.6) is 0 Å². The standard InChI is InChI=1S/C12H15N3O2S/c1-7-9(11(16)17-12(2,3)4)5-8(14-15-13)6-10(7)18/h5-6,18H,1-4H3. The van der Waals surface area contributed by atoms with Crippen LogP contribution in [0, 0.1) is 6.92 Å². The van der Waals surface area contributed by atoms with E-state index in [9.17, 15) is 4.79 Å². The number of rotatable bonds is 2. The van der Waals surface area contributed by atoms with Crippen LogP contribution in [0.2, 0.25) is 0 Å². The maximum atomic E-state index is 12.0. The Hall–Kier alpha value is -1.65. The van der Waals surface area contributed by atoms with Crippen LogP contribution in [0.1, 0.15) is 36.7 Å². The summed E-state index contributed by atoms with van der Waals surface area (Å²) in [6.07, 6.45) is 0. The molecule has 5 nitrogen and oxygen atoms in total. The van der Waals surface area contributed by atoms with Crippen molar-refractivity contribution in [2.75, 3.05) is 0 Å². The molecule has 0 saturated carbocycles. The van der Waals surface area contributed by atoms with Gasteiger partial charge in [-0.3, -0.25) is 0 Å². The molecule has 0 heterocycles. The molecule has 0 aliphatic rings. The van der Waals surface area contributed by atoms with E-state index in [0.717, 1.165) is 0 Å². The Labute approximate surface area is 111 Å². The Balaban J connectivity index is 3.22. The average molecular weight is 265 g/mol. The van der Waals surface area contributed by atoms with E-state index in [2.05, 4.69) is 22.7 Å². The molecule has 0 saturated heterocycles. The van der Waals surface area contributed by atoms with Crippen molar-refractivity contribution in [2.24, 2.45) is 5.11 Å². The molecule has 0 aliphatic heterocycles. The number of nitrogens with zero attached hydrogens (tertiary/aromatic N) is 3. The van der Waals surface area contributed by atoms with Gasteiger partial charge in [-0.25, -0.2) is 4.79 Å². The van der Waals surface area contributed by atoms with Crippen molar-refractivity contribution in [1.82, 2.24) is 0 Å². The number of esters is 1. The van der Waals surface area contributed by atoms with E-state index in [1.807, 2.05) is 0 Å². The number of ether oxygens (including phenoxy) is 1. The van der Waals surface area contributed by atoms with Crippen LogP contribution in [0.3, 0.4) is 0 Å². The van der Waals surface area contributed by atoms with E-state index in [4.69, 9.17) is 10.3 Å². The minimum absolute atomic E-state index is 0.342. The molecule has 6 heteroatoms. The third-order valence-electron chi connectivity index (χ3n) is 2.14. The van der Waals surface area contributed by atoms with Crippen molar-refractivity contribution in [1.29, 1.82) is 0 Å². The topological polar surface area (TPSA) is 75.1 Å².